The number of rotatable bonds is 3. The summed E-state index contributed by atoms with van der Waals surface area (Å²) in [4.78, 5) is 18.6. The van der Waals surface area contributed by atoms with Crippen LogP contribution in [0.15, 0.2) is 23.0 Å². The highest BCUT2D eigenvalue weighted by Gasteiger charge is 2.04. The highest BCUT2D eigenvalue weighted by molar-refractivity contribution is 5.77. The van der Waals surface area contributed by atoms with Crippen LogP contribution in [0.4, 0.5) is 4.39 Å². The Balaban J connectivity index is 2.52. The van der Waals surface area contributed by atoms with Crippen LogP contribution in [0.25, 0.3) is 10.9 Å². The average Bonchev–Trinajstić information content (AvgIpc) is 2.25. The highest BCUT2D eigenvalue weighted by atomic mass is 19.1. The van der Waals surface area contributed by atoms with Crippen molar-refractivity contribution in [2.45, 2.75) is 26.2 Å². The van der Waals surface area contributed by atoms with Gasteiger partial charge in [0.2, 0.25) is 0 Å². The first kappa shape index (κ1) is 10.8. The van der Waals surface area contributed by atoms with Crippen molar-refractivity contribution in [1.82, 2.24) is 9.97 Å². The minimum absolute atomic E-state index is 0.198. The van der Waals surface area contributed by atoms with Crippen LogP contribution in [-0.4, -0.2) is 9.97 Å². The van der Waals surface area contributed by atoms with Gasteiger partial charge in [0.25, 0.3) is 5.56 Å². The molecule has 0 aliphatic heterocycles. The molecule has 0 radical (unpaired) electrons. The van der Waals surface area contributed by atoms with Crippen molar-refractivity contribution in [2.24, 2.45) is 0 Å². The fourth-order valence-electron chi connectivity index (χ4n) is 1.62. The molecule has 1 aromatic heterocycles. The van der Waals surface area contributed by atoms with Gasteiger partial charge in [0, 0.05) is 12.5 Å². The van der Waals surface area contributed by atoms with E-state index in [1.807, 2.05) is 0 Å². The van der Waals surface area contributed by atoms with Gasteiger partial charge in [0.05, 0.1) is 10.9 Å². The Morgan fingerprint density at radius 2 is 2.25 bits per heavy atom. The average molecular weight is 220 g/mol. The van der Waals surface area contributed by atoms with E-state index in [1.165, 1.54) is 18.2 Å². The molecule has 0 aliphatic carbocycles. The van der Waals surface area contributed by atoms with Crippen LogP contribution in [0.5, 0.6) is 0 Å². The van der Waals surface area contributed by atoms with Crippen molar-refractivity contribution in [2.75, 3.05) is 0 Å². The van der Waals surface area contributed by atoms with Crippen molar-refractivity contribution in [3.63, 3.8) is 0 Å². The summed E-state index contributed by atoms with van der Waals surface area (Å²) in [5.41, 5.74) is 0.228. The van der Waals surface area contributed by atoms with E-state index in [1.54, 1.807) is 0 Å². The number of benzene rings is 1. The van der Waals surface area contributed by atoms with Crippen molar-refractivity contribution < 1.29 is 4.39 Å². The SMILES string of the molecule is CCCCc1nc2cc(F)ccc2c(=O)[nH]1. The van der Waals surface area contributed by atoms with Gasteiger partial charge in [-0.05, 0) is 18.6 Å². The number of halogens is 1. The van der Waals surface area contributed by atoms with Crippen LogP contribution >= 0.6 is 0 Å². The Bertz CT molecular complexity index is 562. The second-order valence-corrected chi connectivity index (χ2v) is 3.78. The Morgan fingerprint density at radius 3 is 3.00 bits per heavy atom. The van der Waals surface area contributed by atoms with Crippen molar-refractivity contribution in [3.05, 3.63) is 40.2 Å². The molecule has 0 aliphatic rings. The highest BCUT2D eigenvalue weighted by Crippen LogP contribution is 2.09. The lowest BCUT2D eigenvalue weighted by Crippen LogP contribution is -2.12. The number of hydrogen-bond donors (Lipinski definition) is 1. The third-order valence-electron chi connectivity index (χ3n) is 2.48. The van der Waals surface area contributed by atoms with E-state index >= 15 is 0 Å². The first-order valence-electron chi connectivity index (χ1n) is 5.39. The molecule has 3 nitrogen and oxygen atoms in total. The zero-order valence-electron chi connectivity index (χ0n) is 9.09. The second-order valence-electron chi connectivity index (χ2n) is 3.78. The maximum absolute atomic E-state index is 13.0. The van der Waals surface area contributed by atoms with Crippen LogP contribution in [0, 0.1) is 5.82 Å². The van der Waals surface area contributed by atoms with E-state index in [9.17, 15) is 9.18 Å². The molecule has 0 atom stereocenters. The molecule has 0 saturated heterocycles. The lowest BCUT2D eigenvalue weighted by molar-refractivity contribution is 0.629. The first-order chi connectivity index (χ1) is 7.70. The summed E-state index contributed by atoms with van der Waals surface area (Å²) in [6, 6.07) is 4.02. The predicted molar refractivity (Wildman–Crippen MR) is 60.9 cm³/mol. The Kier molecular flexibility index (Phi) is 2.99. The van der Waals surface area contributed by atoms with E-state index in [4.69, 9.17) is 0 Å². The van der Waals surface area contributed by atoms with Crippen molar-refractivity contribution in [3.8, 4) is 0 Å². The molecular formula is C12H13FN2O. The number of nitrogens with zero attached hydrogens (tertiary/aromatic N) is 1. The number of H-pyrrole nitrogens is 1. The summed E-state index contributed by atoms with van der Waals surface area (Å²) in [5, 5.41) is 0.432. The number of fused-ring (bicyclic) bond motifs is 1. The first-order valence-corrected chi connectivity index (χ1v) is 5.39. The quantitative estimate of drug-likeness (QED) is 0.863. The van der Waals surface area contributed by atoms with Gasteiger partial charge < -0.3 is 4.98 Å². The summed E-state index contributed by atoms with van der Waals surface area (Å²) >= 11 is 0. The number of unbranched alkanes of at least 4 members (excludes halogenated alkanes) is 1. The van der Waals surface area contributed by atoms with Gasteiger partial charge in [0.1, 0.15) is 11.6 Å². The van der Waals surface area contributed by atoms with Gasteiger partial charge >= 0.3 is 0 Å². The molecule has 2 rings (SSSR count). The molecule has 84 valence electrons. The molecule has 16 heavy (non-hydrogen) atoms. The fourth-order valence-corrected chi connectivity index (χ4v) is 1.62. The maximum Gasteiger partial charge on any atom is 0.258 e. The van der Waals surface area contributed by atoms with E-state index in [-0.39, 0.29) is 11.4 Å². The van der Waals surface area contributed by atoms with Gasteiger partial charge in [-0.15, -0.1) is 0 Å². The van der Waals surface area contributed by atoms with Crippen LogP contribution < -0.4 is 5.56 Å². The normalized spacial score (nSPS) is 10.9. The molecule has 0 unspecified atom stereocenters. The largest absolute Gasteiger partial charge is 0.310 e. The number of hydrogen-bond acceptors (Lipinski definition) is 2. The Labute approximate surface area is 92.3 Å². The van der Waals surface area contributed by atoms with Gasteiger partial charge in [-0.2, -0.15) is 0 Å². The summed E-state index contributed by atoms with van der Waals surface area (Å²) in [7, 11) is 0. The number of aromatic amines is 1. The summed E-state index contributed by atoms with van der Waals surface area (Å²) in [5.74, 6) is 0.261. The molecule has 4 heteroatoms. The Hall–Kier alpha value is -1.71. The monoisotopic (exact) mass is 220 g/mol. The van der Waals surface area contributed by atoms with Crippen molar-refractivity contribution in [1.29, 1.82) is 0 Å². The predicted octanol–water partition coefficient (Wildman–Crippen LogP) is 2.40. The number of aromatic nitrogens is 2. The van der Waals surface area contributed by atoms with E-state index in [2.05, 4.69) is 16.9 Å². The molecule has 0 saturated carbocycles. The Morgan fingerprint density at radius 1 is 1.44 bits per heavy atom. The molecule has 0 amide bonds. The third-order valence-corrected chi connectivity index (χ3v) is 2.48. The van der Waals surface area contributed by atoms with Crippen molar-refractivity contribution >= 4 is 10.9 Å². The molecule has 0 spiro atoms. The van der Waals surface area contributed by atoms with Gasteiger partial charge in [-0.25, -0.2) is 9.37 Å². The van der Waals surface area contributed by atoms with Crippen LogP contribution in [0.1, 0.15) is 25.6 Å². The minimum Gasteiger partial charge on any atom is -0.310 e. The van der Waals surface area contributed by atoms with Crippen LogP contribution in [0.2, 0.25) is 0 Å². The summed E-state index contributed by atoms with van der Waals surface area (Å²) in [6.07, 6.45) is 2.72. The topological polar surface area (TPSA) is 45.8 Å². The molecule has 0 fully saturated rings. The van der Waals surface area contributed by atoms with E-state index < -0.39 is 0 Å². The summed E-state index contributed by atoms with van der Waals surface area (Å²) < 4.78 is 13.0. The molecule has 1 N–H and O–H groups in total. The zero-order chi connectivity index (χ0) is 11.5. The minimum atomic E-state index is -0.368. The maximum atomic E-state index is 13.0. The molecule has 0 bridgehead atoms. The molecule has 2 aromatic rings. The van der Waals surface area contributed by atoms with E-state index in [0.29, 0.717) is 16.7 Å². The van der Waals surface area contributed by atoms with Crippen LogP contribution in [-0.2, 0) is 6.42 Å². The number of nitrogens with one attached hydrogen (secondary N) is 1. The molecule has 1 aromatic carbocycles. The summed E-state index contributed by atoms with van der Waals surface area (Å²) in [6.45, 7) is 2.07. The van der Waals surface area contributed by atoms with Crippen LogP contribution in [0.3, 0.4) is 0 Å². The third kappa shape index (κ3) is 2.10. The second kappa shape index (κ2) is 4.43. The lowest BCUT2D eigenvalue weighted by atomic mass is 10.2. The molecule has 1 heterocycles. The van der Waals surface area contributed by atoms with Gasteiger partial charge in [-0.1, -0.05) is 13.3 Å². The van der Waals surface area contributed by atoms with Gasteiger partial charge in [0.15, 0.2) is 0 Å². The lowest BCUT2D eigenvalue weighted by Gasteiger charge is -2.01. The van der Waals surface area contributed by atoms with E-state index in [0.717, 1.165) is 19.3 Å². The smallest absolute Gasteiger partial charge is 0.258 e. The number of aryl methyl sites for hydroxylation is 1. The molecular weight excluding hydrogens is 207 g/mol. The standard InChI is InChI=1S/C12H13FN2O/c1-2-3-4-11-14-10-7-8(13)5-6-9(10)12(16)15-11/h5-7H,2-4H2,1H3,(H,14,15,16). The fraction of sp³-hybridized carbons (Fsp3) is 0.333. The zero-order valence-corrected chi connectivity index (χ0v) is 9.09. The van der Waals surface area contributed by atoms with Gasteiger partial charge in [-0.3, -0.25) is 4.79 Å².